The molecule has 5 rings (SSSR count). The van der Waals surface area contributed by atoms with E-state index in [4.69, 9.17) is 23.2 Å². The third kappa shape index (κ3) is 4.52. The lowest BCUT2D eigenvalue weighted by Crippen LogP contribution is -2.43. The number of hydrogen-bond acceptors (Lipinski definition) is 4. The molecule has 3 nitrogen and oxygen atoms in total. The van der Waals surface area contributed by atoms with Crippen LogP contribution in [0.3, 0.4) is 0 Å². The van der Waals surface area contributed by atoms with Crippen LogP contribution >= 0.6 is 35.0 Å². The van der Waals surface area contributed by atoms with Gasteiger partial charge in [0.15, 0.2) is 0 Å². The van der Waals surface area contributed by atoms with Crippen molar-refractivity contribution in [2.24, 2.45) is 0 Å². The summed E-state index contributed by atoms with van der Waals surface area (Å²) in [7, 11) is 0. The summed E-state index contributed by atoms with van der Waals surface area (Å²) in [5, 5.41) is 12.6. The van der Waals surface area contributed by atoms with E-state index in [0.717, 1.165) is 56.0 Å². The molecule has 6 heteroatoms. The van der Waals surface area contributed by atoms with Crippen LogP contribution in [0.5, 0.6) is 0 Å². The summed E-state index contributed by atoms with van der Waals surface area (Å²) in [5.74, 6) is 0. The second-order valence-corrected chi connectivity index (χ2v) is 10.5. The molecule has 2 aliphatic rings. The van der Waals surface area contributed by atoms with Gasteiger partial charge in [0.2, 0.25) is 0 Å². The van der Waals surface area contributed by atoms with Crippen molar-refractivity contribution in [3.63, 3.8) is 0 Å². The number of halogens is 2. The topological polar surface area (TPSA) is 26.7 Å². The minimum Gasteiger partial charge on any atom is -0.385 e. The smallest absolute Gasteiger partial charge is 0.0920 e. The van der Waals surface area contributed by atoms with Crippen molar-refractivity contribution in [2.45, 2.75) is 34.7 Å². The fourth-order valence-corrected chi connectivity index (χ4v) is 6.06. The van der Waals surface area contributed by atoms with Gasteiger partial charge < -0.3 is 14.9 Å². The highest BCUT2D eigenvalue weighted by atomic mass is 35.5. The number of aliphatic hydroxyl groups is 1. The van der Waals surface area contributed by atoms with Crippen molar-refractivity contribution in [1.82, 2.24) is 4.90 Å². The Morgan fingerprint density at radius 2 is 1.50 bits per heavy atom. The molecule has 0 bridgehead atoms. The van der Waals surface area contributed by atoms with Crippen LogP contribution in [-0.4, -0.2) is 36.2 Å². The molecule has 1 fully saturated rings. The highest BCUT2D eigenvalue weighted by Crippen LogP contribution is 2.48. The number of rotatable bonds is 5. The molecule has 0 aromatic heterocycles. The second kappa shape index (κ2) is 9.28. The lowest BCUT2D eigenvalue weighted by molar-refractivity contribution is -0.0258. The Labute approximate surface area is 203 Å². The molecule has 2 heterocycles. The van der Waals surface area contributed by atoms with E-state index in [-0.39, 0.29) is 0 Å². The number of para-hydroxylation sites is 1. The Morgan fingerprint density at radius 1 is 0.812 bits per heavy atom. The normalized spacial score (nSPS) is 17.7. The summed E-state index contributed by atoms with van der Waals surface area (Å²) in [4.78, 5) is 7.40. The minimum atomic E-state index is -0.750. The molecule has 0 radical (unpaired) electrons. The zero-order valence-electron chi connectivity index (χ0n) is 17.8. The Kier molecular flexibility index (Phi) is 6.42. The highest BCUT2D eigenvalue weighted by Gasteiger charge is 2.34. The first-order valence-electron chi connectivity index (χ1n) is 11.1. The van der Waals surface area contributed by atoms with Crippen molar-refractivity contribution < 1.29 is 5.11 Å². The number of benzene rings is 3. The van der Waals surface area contributed by atoms with Gasteiger partial charge in [-0.05, 0) is 73.8 Å². The molecule has 0 unspecified atom stereocenters. The van der Waals surface area contributed by atoms with Crippen LogP contribution in [0.2, 0.25) is 10.0 Å². The number of piperidine rings is 1. The van der Waals surface area contributed by atoms with E-state index in [2.05, 4.69) is 46.2 Å². The van der Waals surface area contributed by atoms with Crippen molar-refractivity contribution in [1.29, 1.82) is 0 Å². The molecule has 0 aliphatic carbocycles. The largest absolute Gasteiger partial charge is 0.385 e. The first kappa shape index (κ1) is 22.1. The van der Waals surface area contributed by atoms with Gasteiger partial charge in [0.25, 0.3) is 0 Å². The SMILES string of the molecule is OC1(c2ccc(Cl)cc2)CCN(CCCN2c3ccccc3Sc3ccc(Cl)cc32)CC1. The maximum Gasteiger partial charge on any atom is 0.0920 e. The van der Waals surface area contributed by atoms with Gasteiger partial charge in [-0.3, -0.25) is 0 Å². The van der Waals surface area contributed by atoms with Crippen LogP contribution in [0.1, 0.15) is 24.8 Å². The van der Waals surface area contributed by atoms with Crippen LogP contribution in [0, 0.1) is 0 Å². The molecule has 166 valence electrons. The first-order chi connectivity index (χ1) is 15.5. The predicted octanol–water partition coefficient (Wildman–Crippen LogP) is 6.97. The maximum atomic E-state index is 11.1. The van der Waals surface area contributed by atoms with E-state index in [1.165, 1.54) is 21.2 Å². The fourth-order valence-electron chi connectivity index (χ4n) is 4.69. The van der Waals surface area contributed by atoms with E-state index in [0.29, 0.717) is 5.02 Å². The van der Waals surface area contributed by atoms with E-state index >= 15 is 0 Å². The molecule has 0 spiro atoms. The van der Waals surface area contributed by atoms with Gasteiger partial charge >= 0.3 is 0 Å². The van der Waals surface area contributed by atoms with Gasteiger partial charge in [-0.25, -0.2) is 0 Å². The number of anilines is 2. The van der Waals surface area contributed by atoms with E-state index in [1.807, 2.05) is 42.1 Å². The zero-order valence-corrected chi connectivity index (χ0v) is 20.1. The first-order valence-corrected chi connectivity index (χ1v) is 12.6. The van der Waals surface area contributed by atoms with E-state index in [9.17, 15) is 5.11 Å². The molecule has 0 atom stereocenters. The summed E-state index contributed by atoms with van der Waals surface area (Å²) in [5.41, 5.74) is 2.66. The number of nitrogens with zero attached hydrogens (tertiary/aromatic N) is 2. The van der Waals surface area contributed by atoms with Gasteiger partial charge in [-0.2, -0.15) is 0 Å². The Morgan fingerprint density at radius 3 is 2.28 bits per heavy atom. The minimum absolute atomic E-state index is 0.704. The summed E-state index contributed by atoms with van der Waals surface area (Å²) in [6.45, 7) is 3.74. The Hall–Kier alpha value is -1.69. The molecule has 3 aromatic carbocycles. The van der Waals surface area contributed by atoms with Crippen molar-refractivity contribution >= 4 is 46.3 Å². The molecule has 0 saturated carbocycles. The third-order valence-electron chi connectivity index (χ3n) is 6.51. The molecule has 1 saturated heterocycles. The van der Waals surface area contributed by atoms with Gasteiger partial charge in [-0.15, -0.1) is 0 Å². The molecular formula is C26H26Cl2N2OS. The maximum absolute atomic E-state index is 11.1. The zero-order chi connectivity index (χ0) is 22.1. The van der Waals surface area contributed by atoms with E-state index < -0.39 is 5.60 Å². The monoisotopic (exact) mass is 484 g/mol. The predicted molar refractivity (Wildman–Crippen MR) is 135 cm³/mol. The quantitative estimate of drug-likeness (QED) is 0.422. The molecule has 0 amide bonds. The summed E-state index contributed by atoms with van der Waals surface area (Å²) < 4.78 is 0. The van der Waals surface area contributed by atoms with Gasteiger partial charge in [0, 0.05) is 39.5 Å². The molecule has 32 heavy (non-hydrogen) atoms. The highest BCUT2D eigenvalue weighted by molar-refractivity contribution is 7.99. The average Bonchev–Trinajstić information content (AvgIpc) is 2.80. The van der Waals surface area contributed by atoms with Gasteiger partial charge in [0.1, 0.15) is 0 Å². The van der Waals surface area contributed by atoms with Gasteiger partial charge in [0.05, 0.1) is 17.0 Å². The number of likely N-dealkylation sites (tertiary alicyclic amines) is 1. The van der Waals surface area contributed by atoms with Crippen LogP contribution in [-0.2, 0) is 5.60 Å². The third-order valence-corrected chi connectivity index (χ3v) is 8.13. The molecule has 2 aliphatic heterocycles. The van der Waals surface area contributed by atoms with E-state index in [1.54, 1.807) is 0 Å². The standard InChI is InChI=1S/C26H26Cl2N2OS/c27-20-8-6-19(7-9-20)26(31)12-16-29(17-13-26)14-3-15-30-22-4-1-2-5-24(22)32-25-11-10-21(28)18-23(25)30/h1-2,4-11,18,31H,3,12-17H2. The Balaban J connectivity index is 1.22. The van der Waals surface area contributed by atoms with Crippen LogP contribution < -0.4 is 4.90 Å². The van der Waals surface area contributed by atoms with Crippen molar-refractivity contribution in [3.05, 3.63) is 82.3 Å². The van der Waals surface area contributed by atoms with Gasteiger partial charge in [-0.1, -0.05) is 59.2 Å². The van der Waals surface area contributed by atoms with Crippen LogP contribution in [0.25, 0.3) is 0 Å². The van der Waals surface area contributed by atoms with Crippen LogP contribution in [0.15, 0.2) is 76.5 Å². The molecular weight excluding hydrogens is 459 g/mol. The molecule has 1 N–H and O–H groups in total. The van der Waals surface area contributed by atoms with Crippen molar-refractivity contribution in [3.8, 4) is 0 Å². The fraction of sp³-hybridized carbons (Fsp3) is 0.308. The lowest BCUT2D eigenvalue weighted by atomic mass is 9.84. The summed E-state index contributed by atoms with van der Waals surface area (Å²) in [6, 6.07) is 22.4. The van der Waals surface area contributed by atoms with Crippen molar-refractivity contribution in [2.75, 3.05) is 31.1 Å². The summed E-state index contributed by atoms with van der Waals surface area (Å²) >= 11 is 14.2. The average molecular weight is 485 g/mol. The van der Waals surface area contributed by atoms with Crippen LogP contribution in [0.4, 0.5) is 11.4 Å². The second-order valence-electron chi connectivity index (χ2n) is 8.57. The summed E-state index contributed by atoms with van der Waals surface area (Å²) in [6.07, 6.45) is 2.54. The Bertz CT molecular complexity index is 1100. The number of hydrogen-bond donors (Lipinski definition) is 1. The number of fused-ring (bicyclic) bond motifs is 2. The lowest BCUT2D eigenvalue weighted by Gasteiger charge is -2.39. The molecule has 3 aromatic rings.